The van der Waals surface area contributed by atoms with Crippen molar-refractivity contribution in [2.75, 3.05) is 17.3 Å². The molecule has 1 fully saturated rings. The number of nitrogens with one attached hydrogen (secondary N) is 1. The predicted octanol–water partition coefficient (Wildman–Crippen LogP) is 5.31. The number of carbonyl (C=O) groups excluding carboxylic acids is 3. The van der Waals surface area contributed by atoms with Gasteiger partial charge in [-0.25, -0.2) is 4.90 Å². The van der Waals surface area contributed by atoms with Gasteiger partial charge in [0.05, 0.1) is 23.7 Å². The van der Waals surface area contributed by atoms with E-state index in [1.807, 2.05) is 31.2 Å². The molecule has 1 N–H and O–H groups in total. The lowest BCUT2D eigenvalue weighted by Gasteiger charge is -2.30. The average Bonchev–Trinajstić information content (AvgIpc) is 3.40. The molecule has 3 heterocycles. The Labute approximate surface area is 248 Å². The zero-order valence-corrected chi connectivity index (χ0v) is 24.4. The SMILES string of the molecule is COc1ccc(NC(=O)Cn2c3c(sc2=O)[C@@H](c2ccc(Cl)cc2)C2C(=O)N(c4ccc(C)cc4)C(=O)C2S3)cc1. The highest BCUT2D eigenvalue weighted by Gasteiger charge is 2.56. The maximum absolute atomic E-state index is 13.9. The van der Waals surface area contributed by atoms with E-state index in [-0.39, 0.29) is 23.2 Å². The van der Waals surface area contributed by atoms with Crippen molar-refractivity contribution in [3.05, 3.63) is 103 Å². The van der Waals surface area contributed by atoms with Crippen molar-refractivity contribution in [3.63, 3.8) is 0 Å². The molecule has 0 radical (unpaired) electrons. The number of nitrogens with zero attached hydrogens (tertiary/aromatic N) is 2. The van der Waals surface area contributed by atoms with Gasteiger partial charge >= 0.3 is 4.87 Å². The van der Waals surface area contributed by atoms with Gasteiger partial charge in [0.15, 0.2) is 0 Å². The molecule has 8 nitrogen and oxygen atoms in total. The van der Waals surface area contributed by atoms with Gasteiger partial charge in [0.1, 0.15) is 17.5 Å². The van der Waals surface area contributed by atoms with E-state index in [2.05, 4.69) is 5.32 Å². The second-order valence-electron chi connectivity index (χ2n) is 9.84. The quantitative estimate of drug-likeness (QED) is 0.299. The number of ether oxygens (including phenoxy) is 1. The fourth-order valence-electron chi connectivity index (χ4n) is 5.25. The number of benzene rings is 3. The van der Waals surface area contributed by atoms with E-state index in [0.29, 0.717) is 32.1 Å². The first kappa shape index (κ1) is 27.3. The summed E-state index contributed by atoms with van der Waals surface area (Å²) >= 11 is 8.35. The van der Waals surface area contributed by atoms with E-state index in [4.69, 9.17) is 16.3 Å². The third-order valence-electron chi connectivity index (χ3n) is 7.25. The number of thiazole rings is 1. The molecule has 2 aliphatic rings. The standard InChI is InChI=1S/C30H24ClN3O5S2/c1-16-3-11-20(12-4-16)34-27(36)24-23(17-5-7-18(31)8-6-17)26-29(40-25(24)28(34)37)33(30(38)41-26)15-22(35)32-19-9-13-21(39-2)14-10-19/h3-14,23-25H,15H2,1-2H3,(H,32,35)/t23-,24?,25?/m0/s1. The van der Waals surface area contributed by atoms with Crippen LogP contribution < -0.4 is 19.8 Å². The molecule has 1 saturated heterocycles. The van der Waals surface area contributed by atoms with E-state index >= 15 is 0 Å². The molecular formula is C30H24ClN3O5S2. The Hall–Kier alpha value is -3.86. The molecule has 208 valence electrons. The number of carbonyl (C=O) groups is 3. The van der Waals surface area contributed by atoms with Crippen molar-refractivity contribution in [2.24, 2.45) is 5.92 Å². The van der Waals surface area contributed by atoms with Crippen molar-refractivity contribution >= 4 is 63.8 Å². The molecule has 3 aromatic carbocycles. The summed E-state index contributed by atoms with van der Waals surface area (Å²) in [6.07, 6.45) is 0. The molecule has 0 bridgehead atoms. The van der Waals surface area contributed by atoms with Gasteiger partial charge in [-0.3, -0.25) is 23.7 Å². The zero-order chi connectivity index (χ0) is 28.8. The third kappa shape index (κ3) is 4.96. The van der Waals surface area contributed by atoms with Gasteiger partial charge in [0, 0.05) is 21.5 Å². The molecule has 3 atom stereocenters. The molecule has 41 heavy (non-hydrogen) atoms. The van der Waals surface area contributed by atoms with Crippen molar-refractivity contribution in [1.29, 1.82) is 0 Å². The van der Waals surface area contributed by atoms with Crippen molar-refractivity contribution in [3.8, 4) is 5.75 Å². The molecule has 1 aromatic heterocycles. The summed E-state index contributed by atoms with van der Waals surface area (Å²) in [5, 5.41) is 3.10. The largest absolute Gasteiger partial charge is 0.497 e. The van der Waals surface area contributed by atoms with Crippen LogP contribution in [0.1, 0.15) is 21.9 Å². The summed E-state index contributed by atoms with van der Waals surface area (Å²) in [5.41, 5.74) is 2.85. The number of methoxy groups -OCH3 is 1. The molecule has 3 amide bonds. The summed E-state index contributed by atoms with van der Waals surface area (Å²) < 4.78 is 6.56. The lowest BCUT2D eigenvalue weighted by molar-refractivity contribution is -0.122. The number of amides is 3. The van der Waals surface area contributed by atoms with Crippen LogP contribution in [-0.4, -0.2) is 34.6 Å². The van der Waals surface area contributed by atoms with Crippen molar-refractivity contribution in [1.82, 2.24) is 4.57 Å². The summed E-state index contributed by atoms with van der Waals surface area (Å²) in [4.78, 5) is 55.6. The van der Waals surface area contributed by atoms with Crippen LogP contribution in [0, 0.1) is 12.8 Å². The van der Waals surface area contributed by atoms with Crippen molar-refractivity contribution in [2.45, 2.75) is 29.7 Å². The molecule has 2 aliphatic heterocycles. The molecule has 6 rings (SSSR count). The van der Waals surface area contributed by atoms with Gasteiger partial charge in [-0.2, -0.15) is 0 Å². The number of aryl methyl sites for hydroxylation is 1. The van der Waals surface area contributed by atoms with Crippen LogP contribution in [-0.2, 0) is 20.9 Å². The molecule has 11 heteroatoms. The van der Waals surface area contributed by atoms with E-state index in [1.54, 1.807) is 55.6 Å². The Morgan fingerprint density at radius 3 is 2.29 bits per heavy atom. The number of anilines is 2. The predicted molar refractivity (Wildman–Crippen MR) is 160 cm³/mol. The normalized spacial score (nSPS) is 19.6. The monoisotopic (exact) mass is 605 g/mol. The molecule has 0 saturated carbocycles. The van der Waals surface area contributed by atoms with Crippen LogP contribution in [0.4, 0.5) is 11.4 Å². The summed E-state index contributed by atoms with van der Waals surface area (Å²) in [6, 6.07) is 21.2. The van der Waals surface area contributed by atoms with Crippen LogP contribution in [0.15, 0.2) is 82.6 Å². The Bertz CT molecular complexity index is 1720. The second kappa shape index (κ2) is 10.8. The number of halogens is 1. The smallest absolute Gasteiger partial charge is 0.308 e. The van der Waals surface area contributed by atoms with E-state index in [1.165, 1.54) is 21.2 Å². The summed E-state index contributed by atoms with van der Waals surface area (Å²) in [6.45, 7) is 1.70. The Balaban J connectivity index is 1.38. The first-order valence-corrected chi connectivity index (χ1v) is 14.9. The molecule has 0 spiro atoms. The molecule has 0 aliphatic carbocycles. The molecular weight excluding hydrogens is 582 g/mol. The van der Waals surface area contributed by atoms with E-state index in [0.717, 1.165) is 22.5 Å². The van der Waals surface area contributed by atoms with Crippen LogP contribution in [0.2, 0.25) is 5.02 Å². The third-order valence-corrected chi connectivity index (χ3v) is 10.1. The number of hydrogen-bond acceptors (Lipinski definition) is 7. The topological polar surface area (TPSA) is 97.7 Å². The lowest BCUT2D eigenvalue weighted by Crippen LogP contribution is -2.33. The maximum Gasteiger partial charge on any atom is 0.308 e. The average molecular weight is 606 g/mol. The van der Waals surface area contributed by atoms with Gasteiger partial charge < -0.3 is 10.1 Å². The number of rotatable bonds is 6. The highest BCUT2D eigenvalue weighted by atomic mass is 35.5. The van der Waals surface area contributed by atoms with Crippen LogP contribution in [0.5, 0.6) is 5.75 Å². The minimum atomic E-state index is -0.762. The van der Waals surface area contributed by atoms with Gasteiger partial charge in [-0.15, -0.1) is 0 Å². The fourth-order valence-corrected chi connectivity index (χ4v) is 8.15. The first-order chi connectivity index (χ1) is 19.7. The summed E-state index contributed by atoms with van der Waals surface area (Å²) in [7, 11) is 1.56. The lowest BCUT2D eigenvalue weighted by atomic mass is 9.83. The fraction of sp³-hybridized carbons (Fsp3) is 0.200. The molecule has 2 unspecified atom stereocenters. The number of thioether (sulfide) groups is 1. The highest BCUT2D eigenvalue weighted by Crippen LogP contribution is 2.54. The van der Waals surface area contributed by atoms with Crippen molar-refractivity contribution < 1.29 is 19.1 Å². The Morgan fingerprint density at radius 2 is 1.63 bits per heavy atom. The minimum Gasteiger partial charge on any atom is -0.497 e. The Kier molecular flexibility index (Phi) is 7.23. The Morgan fingerprint density at radius 1 is 0.951 bits per heavy atom. The van der Waals surface area contributed by atoms with Crippen LogP contribution >= 0.6 is 34.7 Å². The molecule has 4 aromatic rings. The first-order valence-electron chi connectivity index (χ1n) is 12.8. The van der Waals surface area contributed by atoms with Gasteiger partial charge in [-0.1, -0.05) is 64.5 Å². The van der Waals surface area contributed by atoms with E-state index < -0.39 is 23.0 Å². The number of imide groups is 1. The maximum atomic E-state index is 13.9. The van der Waals surface area contributed by atoms with Crippen LogP contribution in [0.25, 0.3) is 0 Å². The number of fused-ring (bicyclic) bond motifs is 2. The number of aromatic nitrogens is 1. The highest BCUT2D eigenvalue weighted by molar-refractivity contribution is 8.00. The summed E-state index contributed by atoms with van der Waals surface area (Å²) in [5.74, 6) is -1.66. The van der Waals surface area contributed by atoms with Gasteiger partial charge in [0.2, 0.25) is 17.7 Å². The van der Waals surface area contributed by atoms with Gasteiger partial charge in [0.25, 0.3) is 0 Å². The van der Waals surface area contributed by atoms with E-state index in [9.17, 15) is 19.2 Å². The zero-order valence-electron chi connectivity index (χ0n) is 22.0. The van der Waals surface area contributed by atoms with Crippen LogP contribution in [0.3, 0.4) is 0 Å². The number of hydrogen-bond donors (Lipinski definition) is 1. The second-order valence-corrected chi connectivity index (χ2v) is 12.4. The van der Waals surface area contributed by atoms with Gasteiger partial charge in [-0.05, 0) is 61.0 Å². The minimum absolute atomic E-state index is 0.238.